The second-order valence-electron chi connectivity index (χ2n) is 2.99. The normalized spacial score (nSPS) is 8.94. The summed E-state index contributed by atoms with van der Waals surface area (Å²) in [5.41, 5.74) is 0.373. The lowest BCUT2D eigenvalue weighted by Gasteiger charge is -2.15. The number of benzene rings is 1. The molecule has 0 N–H and O–H groups in total. The van der Waals surface area contributed by atoms with E-state index < -0.39 is 0 Å². The van der Waals surface area contributed by atoms with Crippen LogP contribution < -0.4 is 0 Å². The Morgan fingerprint density at radius 1 is 1.31 bits per heavy atom. The smallest absolute Gasteiger partial charge is 0.255 e. The van der Waals surface area contributed by atoms with Gasteiger partial charge in [-0.2, -0.15) is 10.5 Å². The number of amides is 1. The molecule has 0 aliphatic carbocycles. The van der Waals surface area contributed by atoms with E-state index in [4.69, 9.17) is 22.1 Å². The first kappa shape index (κ1) is 12.0. The van der Waals surface area contributed by atoms with Crippen molar-refractivity contribution in [3.05, 3.63) is 34.9 Å². The minimum Gasteiger partial charge on any atom is -0.312 e. The van der Waals surface area contributed by atoms with Gasteiger partial charge in [0.1, 0.15) is 13.1 Å². The van der Waals surface area contributed by atoms with Crippen LogP contribution in [0.25, 0.3) is 0 Å². The van der Waals surface area contributed by atoms with E-state index in [0.717, 1.165) is 4.90 Å². The van der Waals surface area contributed by atoms with Crippen LogP contribution in [0.2, 0.25) is 5.02 Å². The van der Waals surface area contributed by atoms with E-state index >= 15 is 0 Å². The van der Waals surface area contributed by atoms with Crippen molar-refractivity contribution in [3.8, 4) is 12.1 Å². The minimum atomic E-state index is -0.370. The third kappa shape index (κ3) is 2.98. The SMILES string of the molecule is N#CCN(CC#N)C(=O)c1cccc(Cl)c1. The van der Waals surface area contributed by atoms with Gasteiger partial charge in [0.15, 0.2) is 0 Å². The highest BCUT2D eigenvalue weighted by atomic mass is 35.5. The molecule has 0 heterocycles. The maximum Gasteiger partial charge on any atom is 0.255 e. The first-order valence-corrected chi connectivity index (χ1v) is 4.85. The van der Waals surface area contributed by atoms with Gasteiger partial charge in [-0.25, -0.2) is 0 Å². The summed E-state index contributed by atoms with van der Waals surface area (Å²) in [6.07, 6.45) is 0. The van der Waals surface area contributed by atoms with E-state index in [2.05, 4.69) is 0 Å². The van der Waals surface area contributed by atoms with Crippen molar-refractivity contribution in [2.24, 2.45) is 0 Å². The number of carbonyl (C=O) groups excluding carboxylic acids is 1. The van der Waals surface area contributed by atoms with Crippen molar-refractivity contribution < 1.29 is 4.79 Å². The molecule has 0 unspecified atom stereocenters. The third-order valence-corrected chi connectivity index (χ3v) is 2.12. The lowest BCUT2D eigenvalue weighted by molar-refractivity contribution is 0.0794. The summed E-state index contributed by atoms with van der Waals surface area (Å²) in [7, 11) is 0. The van der Waals surface area contributed by atoms with Crippen LogP contribution in [0.15, 0.2) is 24.3 Å². The van der Waals surface area contributed by atoms with Gasteiger partial charge in [-0.1, -0.05) is 17.7 Å². The van der Waals surface area contributed by atoms with Crippen molar-refractivity contribution in [3.63, 3.8) is 0 Å². The summed E-state index contributed by atoms with van der Waals surface area (Å²) in [4.78, 5) is 13.0. The zero-order chi connectivity index (χ0) is 12.0. The van der Waals surface area contributed by atoms with Crippen LogP contribution in [-0.2, 0) is 0 Å². The van der Waals surface area contributed by atoms with Gasteiger partial charge < -0.3 is 4.90 Å². The van der Waals surface area contributed by atoms with Gasteiger partial charge in [-0.3, -0.25) is 4.79 Å². The van der Waals surface area contributed by atoms with Crippen LogP contribution >= 0.6 is 11.6 Å². The highest BCUT2D eigenvalue weighted by Gasteiger charge is 2.14. The summed E-state index contributed by atoms with van der Waals surface area (Å²) >= 11 is 5.75. The second-order valence-corrected chi connectivity index (χ2v) is 3.42. The predicted octanol–water partition coefficient (Wildman–Crippen LogP) is 1.83. The average molecular weight is 234 g/mol. The molecule has 0 aliphatic rings. The molecule has 0 spiro atoms. The Kier molecular flexibility index (Phi) is 4.32. The van der Waals surface area contributed by atoms with Gasteiger partial charge in [0.2, 0.25) is 0 Å². The van der Waals surface area contributed by atoms with Crippen LogP contribution in [0.4, 0.5) is 0 Å². The van der Waals surface area contributed by atoms with Gasteiger partial charge in [-0.05, 0) is 18.2 Å². The summed E-state index contributed by atoms with van der Waals surface area (Å²) in [5.74, 6) is -0.370. The molecule has 0 aliphatic heterocycles. The molecule has 1 rings (SSSR count). The fraction of sp³-hybridized carbons (Fsp3) is 0.182. The molecule has 16 heavy (non-hydrogen) atoms. The Labute approximate surface area is 98.3 Å². The molecule has 0 radical (unpaired) electrons. The molecular formula is C11H8ClN3O. The Bertz CT molecular complexity index is 457. The van der Waals surface area contributed by atoms with Crippen LogP contribution in [0.1, 0.15) is 10.4 Å². The molecule has 5 heteroatoms. The van der Waals surface area contributed by atoms with Crippen molar-refractivity contribution in [1.29, 1.82) is 10.5 Å². The van der Waals surface area contributed by atoms with E-state index in [0.29, 0.717) is 10.6 Å². The van der Waals surface area contributed by atoms with Crippen molar-refractivity contribution >= 4 is 17.5 Å². The average Bonchev–Trinajstić information content (AvgIpc) is 2.28. The van der Waals surface area contributed by atoms with Gasteiger partial charge in [0.25, 0.3) is 5.91 Å². The van der Waals surface area contributed by atoms with Gasteiger partial charge in [-0.15, -0.1) is 0 Å². The van der Waals surface area contributed by atoms with Crippen molar-refractivity contribution in [1.82, 2.24) is 4.90 Å². The van der Waals surface area contributed by atoms with Crippen molar-refractivity contribution in [2.45, 2.75) is 0 Å². The molecule has 1 aromatic carbocycles. The van der Waals surface area contributed by atoms with E-state index in [1.165, 1.54) is 6.07 Å². The largest absolute Gasteiger partial charge is 0.312 e. The quantitative estimate of drug-likeness (QED) is 0.748. The topological polar surface area (TPSA) is 67.9 Å². The van der Waals surface area contributed by atoms with Gasteiger partial charge >= 0.3 is 0 Å². The third-order valence-electron chi connectivity index (χ3n) is 1.88. The molecule has 0 atom stereocenters. The molecule has 0 fully saturated rings. The lowest BCUT2D eigenvalue weighted by Crippen LogP contribution is -2.31. The number of halogens is 1. The Balaban J connectivity index is 2.91. The minimum absolute atomic E-state index is 0.112. The number of carbonyl (C=O) groups is 1. The molecule has 0 aromatic heterocycles. The van der Waals surface area contributed by atoms with Crippen molar-refractivity contribution in [2.75, 3.05) is 13.1 Å². The van der Waals surface area contributed by atoms with Crippen LogP contribution in [0.5, 0.6) is 0 Å². The summed E-state index contributed by atoms with van der Waals surface area (Å²) in [6, 6.07) is 10.1. The highest BCUT2D eigenvalue weighted by molar-refractivity contribution is 6.30. The second kappa shape index (κ2) is 5.75. The Hall–Kier alpha value is -2.04. The number of nitrogens with zero attached hydrogens (tertiary/aromatic N) is 3. The maximum atomic E-state index is 11.8. The number of nitriles is 2. The molecule has 0 saturated carbocycles. The highest BCUT2D eigenvalue weighted by Crippen LogP contribution is 2.12. The zero-order valence-electron chi connectivity index (χ0n) is 8.35. The number of hydrogen-bond donors (Lipinski definition) is 0. The van der Waals surface area contributed by atoms with E-state index in [1.807, 2.05) is 12.1 Å². The first-order valence-electron chi connectivity index (χ1n) is 4.47. The summed E-state index contributed by atoms with van der Waals surface area (Å²) in [6.45, 7) is -0.224. The lowest BCUT2D eigenvalue weighted by atomic mass is 10.2. The molecule has 1 amide bonds. The molecule has 0 saturated heterocycles. The Morgan fingerprint density at radius 2 is 1.94 bits per heavy atom. The summed E-state index contributed by atoms with van der Waals surface area (Å²) < 4.78 is 0. The molecule has 4 nitrogen and oxygen atoms in total. The predicted molar refractivity (Wildman–Crippen MR) is 58.6 cm³/mol. The Morgan fingerprint density at radius 3 is 2.44 bits per heavy atom. The van der Waals surface area contributed by atoms with E-state index in [-0.39, 0.29) is 19.0 Å². The fourth-order valence-corrected chi connectivity index (χ4v) is 1.36. The number of rotatable bonds is 3. The molecule has 80 valence electrons. The van der Waals surface area contributed by atoms with Crippen LogP contribution in [-0.4, -0.2) is 23.9 Å². The molecular weight excluding hydrogens is 226 g/mol. The standard InChI is InChI=1S/C11H8ClN3O/c12-10-3-1-2-9(8-10)11(16)15(6-4-13)7-5-14/h1-3,8H,6-7H2. The zero-order valence-corrected chi connectivity index (χ0v) is 9.11. The fourth-order valence-electron chi connectivity index (χ4n) is 1.17. The maximum absolute atomic E-state index is 11.8. The van der Waals surface area contributed by atoms with Gasteiger partial charge in [0.05, 0.1) is 12.1 Å². The van der Waals surface area contributed by atoms with Gasteiger partial charge in [0, 0.05) is 10.6 Å². The molecule has 0 bridgehead atoms. The monoisotopic (exact) mass is 233 g/mol. The van der Waals surface area contributed by atoms with Crippen LogP contribution in [0, 0.1) is 22.7 Å². The molecule has 1 aromatic rings. The van der Waals surface area contributed by atoms with E-state index in [9.17, 15) is 4.79 Å². The first-order chi connectivity index (χ1) is 7.69. The summed E-state index contributed by atoms with van der Waals surface area (Å²) in [5, 5.41) is 17.5. The van der Waals surface area contributed by atoms with E-state index in [1.54, 1.807) is 18.2 Å². The number of hydrogen-bond acceptors (Lipinski definition) is 3. The van der Waals surface area contributed by atoms with Crippen LogP contribution in [0.3, 0.4) is 0 Å².